The van der Waals surface area contributed by atoms with E-state index in [1.165, 1.54) is 25.7 Å². The molecule has 0 aliphatic rings. The summed E-state index contributed by atoms with van der Waals surface area (Å²) in [5.41, 5.74) is 8.59. The van der Waals surface area contributed by atoms with Crippen molar-refractivity contribution in [2.75, 3.05) is 11.5 Å². The van der Waals surface area contributed by atoms with Gasteiger partial charge in [-0.05, 0) is 30.5 Å². The molecule has 0 bridgehead atoms. The molecule has 1 heterocycles. The van der Waals surface area contributed by atoms with Crippen LogP contribution in [0.15, 0.2) is 23.4 Å². The molecule has 2 rings (SSSR count). The number of nitrogens with two attached hydrogens (primary N) is 1. The van der Waals surface area contributed by atoms with Crippen LogP contribution in [0.2, 0.25) is 0 Å². The van der Waals surface area contributed by atoms with Crippen LogP contribution in [-0.4, -0.2) is 15.7 Å². The molecule has 0 radical (unpaired) electrons. The second-order valence-corrected chi connectivity index (χ2v) is 6.05. The van der Waals surface area contributed by atoms with Crippen LogP contribution in [0.1, 0.15) is 39.5 Å². The van der Waals surface area contributed by atoms with Crippen LogP contribution >= 0.6 is 11.8 Å². The fraction of sp³-hybridized carbons (Fsp3) is 0.533. The molecule has 0 fully saturated rings. The van der Waals surface area contributed by atoms with Crippen molar-refractivity contribution in [2.45, 2.75) is 44.7 Å². The van der Waals surface area contributed by atoms with Crippen molar-refractivity contribution in [1.82, 2.24) is 9.97 Å². The van der Waals surface area contributed by atoms with Gasteiger partial charge in [-0.25, -0.2) is 4.98 Å². The van der Waals surface area contributed by atoms with Gasteiger partial charge in [0.2, 0.25) is 0 Å². The predicted octanol–water partition coefficient (Wildman–Crippen LogP) is 4.45. The number of nitrogens with one attached hydrogen (secondary N) is 1. The maximum Gasteiger partial charge on any atom is 0.166 e. The number of nitrogens with zero attached hydrogens (tertiary/aromatic N) is 1. The number of nitrogen functional groups attached to an aromatic ring is 1. The number of imidazole rings is 1. The summed E-state index contributed by atoms with van der Waals surface area (Å²) in [6, 6.07) is 5.81. The predicted molar refractivity (Wildman–Crippen MR) is 84.5 cm³/mol. The second kappa shape index (κ2) is 6.85. The lowest BCUT2D eigenvalue weighted by Gasteiger charge is -2.12. The van der Waals surface area contributed by atoms with Crippen LogP contribution in [0.5, 0.6) is 0 Å². The first-order valence-corrected chi connectivity index (χ1v) is 8.09. The van der Waals surface area contributed by atoms with Gasteiger partial charge < -0.3 is 10.7 Å². The molecule has 4 heteroatoms. The van der Waals surface area contributed by atoms with Crippen LogP contribution in [0.25, 0.3) is 11.0 Å². The molecule has 1 aromatic heterocycles. The topological polar surface area (TPSA) is 54.7 Å². The van der Waals surface area contributed by atoms with E-state index in [0.29, 0.717) is 0 Å². The number of aromatic amines is 1. The summed E-state index contributed by atoms with van der Waals surface area (Å²) >= 11 is 1.83. The Morgan fingerprint density at radius 3 is 2.95 bits per heavy atom. The lowest BCUT2D eigenvalue weighted by molar-refractivity contribution is 0.499. The summed E-state index contributed by atoms with van der Waals surface area (Å²) in [5, 5.41) is 1.01. The van der Waals surface area contributed by atoms with E-state index in [1.54, 1.807) is 0 Å². The largest absolute Gasteiger partial charge is 0.399 e. The molecule has 0 aliphatic heterocycles. The first kappa shape index (κ1) is 14.3. The number of hydrogen-bond acceptors (Lipinski definition) is 3. The van der Waals surface area contributed by atoms with E-state index >= 15 is 0 Å². The van der Waals surface area contributed by atoms with Crippen molar-refractivity contribution in [1.29, 1.82) is 0 Å². The summed E-state index contributed by atoms with van der Waals surface area (Å²) < 4.78 is 0. The van der Waals surface area contributed by atoms with Crippen molar-refractivity contribution in [3.63, 3.8) is 0 Å². The zero-order valence-corrected chi connectivity index (χ0v) is 12.6. The fourth-order valence-electron chi connectivity index (χ4n) is 2.17. The van der Waals surface area contributed by atoms with Crippen LogP contribution in [0, 0.1) is 5.92 Å². The van der Waals surface area contributed by atoms with Gasteiger partial charge in [0.1, 0.15) is 0 Å². The number of aromatic nitrogens is 2. The summed E-state index contributed by atoms with van der Waals surface area (Å²) in [4.78, 5) is 7.94. The maximum atomic E-state index is 5.78. The summed E-state index contributed by atoms with van der Waals surface area (Å²) in [7, 11) is 0. The summed E-state index contributed by atoms with van der Waals surface area (Å²) in [6.45, 7) is 4.53. The van der Waals surface area contributed by atoms with E-state index in [9.17, 15) is 0 Å². The molecule has 0 aliphatic carbocycles. The summed E-state index contributed by atoms with van der Waals surface area (Å²) in [5.74, 6) is 1.94. The van der Waals surface area contributed by atoms with Gasteiger partial charge in [-0.15, -0.1) is 0 Å². The molecule has 0 spiro atoms. The number of benzene rings is 1. The minimum absolute atomic E-state index is 0.780. The molecule has 3 nitrogen and oxygen atoms in total. The number of hydrogen-bond donors (Lipinski definition) is 2. The van der Waals surface area contributed by atoms with Crippen molar-refractivity contribution in [2.24, 2.45) is 5.92 Å². The van der Waals surface area contributed by atoms with Crippen LogP contribution in [-0.2, 0) is 0 Å². The molecule has 0 amide bonds. The number of fused-ring (bicyclic) bond motifs is 1. The minimum Gasteiger partial charge on any atom is -0.399 e. The summed E-state index contributed by atoms with van der Waals surface area (Å²) in [6.07, 6.45) is 5.19. The molecular formula is C15H23N3S. The highest BCUT2D eigenvalue weighted by molar-refractivity contribution is 7.99. The smallest absolute Gasteiger partial charge is 0.166 e. The van der Waals surface area contributed by atoms with Crippen molar-refractivity contribution >= 4 is 28.5 Å². The Bertz CT molecular complexity index is 521. The zero-order chi connectivity index (χ0) is 13.7. The lowest BCUT2D eigenvalue weighted by Crippen LogP contribution is -2.02. The number of thioether (sulfide) groups is 1. The minimum atomic E-state index is 0.780. The standard InChI is InChI=1S/C15H23N3S/c1-3-5-6-11(4-2)10-19-15-17-13-8-7-12(16)9-14(13)18-15/h7-9,11H,3-6,10,16H2,1-2H3,(H,17,18). The van der Waals surface area contributed by atoms with E-state index in [2.05, 4.69) is 23.8 Å². The lowest BCUT2D eigenvalue weighted by atomic mass is 10.0. The van der Waals surface area contributed by atoms with Crippen molar-refractivity contribution in [3.8, 4) is 0 Å². The van der Waals surface area contributed by atoms with Gasteiger partial charge in [0.25, 0.3) is 0 Å². The number of H-pyrrole nitrogens is 1. The number of unbranched alkanes of at least 4 members (excludes halogenated alkanes) is 1. The number of anilines is 1. The Morgan fingerprint density at radius 2 is 2.21 bits per heavy atom. The Balaban J connectivity index is 1.97. The third kappa shape index (κ3) is 3.90. The molecule has 0 saturated carbocycles. The van der Waals surface area contributed by atoms with Gasteiger partial charge in [0.15, 0.2) is 5.16 Å². The average molecular weight is 277 g/mol. The maximum absolute atomic E-state index is 5.78. The van der Waals surface area contributed by atoms with Crippen LogP contribution in [0.4, 0.5) is 5.69 Å². The monoisotopic (exact) mass is 277 g/mol. The zero-order valence-electron chi connectivity index (χ0n) is 11.8. The normalized spacial score (nSPS) is 12.9. The highest BCUT2D eigenvalue weighted by atomic mass is 32.2. The first-order chi connectivity index (χ1) is 9.22. The van der Waals surface area contributed by atoms with Gasteiger partial charge in [0, 0.05) is 11.4 Å². The van der Waals surface area contributed by atoms with E-state index in [0.717, 1.165) is 33.5 Å². The molecule has 2 aromatic rings. The van der Waals surface area contributed by atoms with E-state index in [4.69, 9.17) is 5.73 Å². The molecule has 1 unspecified atom stereocenters. The molecule has 104 valence electrons. The third-order valence-corrected chi connectivity index (χ3v) is 4.59. The molecule has 19 heavy (non-hydrogen) atoms. The van der Waals surface area contributed by atoms with Gasteiger partial charge in [0.05, 0.1) is 11.0 Å². The highest BCUT2D eigenvalue weighted by Crippen LogP contribution is 2.25. The quantitative estimate of drug-likeness (QED) is 0.580. The van der Waals surface area contributed by atoms with Gasteiger partial charge in [-0.2, -0.15) is 0 Å². The second-order valence-electron chi connectivity index (χ2n) is 5.05. The van der Waals surface area contributed by atoms with Gasteiger partial charge >= 0.3 is 0 Å². The van der Waals surface area contributed by atoms with Crippen LogP contribution < -0.4 is 5.73 Å². The Kier molecular flexibility index (Phi) is 5.14. The number of rotatable bonds is 7. The SMILES string of the molecule is CCCCC(CC)CSc1nc2ccc(N)cc2[nH]1. The molecule has 1 aromatic carbocycles. The van der Waals surface area contributed by atoms with E-state index in [1.807, 2.05) is 30.0 Å². The third-order valence-electron chi connectivity index (χ3n) is 3.48. The van der Waals surface area contributed by atoms with Crippen LogP contribution in [0.3, 0.4) is 0 Å². The Hall–Kier alpha value is -1.16. The molecule has 1 atom stereocenters. The fourth-order valence-corrected chi connectivity index (χ4v) is 3.31. The van der Waals surface area contributed by atoms with Gasteiger partial charge in [-0.3, -0.25) is 0 Å². The van der Waals surface area contributed by atoms with E-state index in [-0.39, 0.29) is 0 Å². The molecule has 0 saturated heterocycles. The first-order valence-electron chi connectivity index (χ1n) is 7.11. The van der Waals surface area contributed by atoms with Crippen molar-refractivity contribution in [3.05, 3.63) is 18.2 Å². The average Bonchev–Trinajstić information content (AvgIpc) is 2.81. The Labute approximate surface area is 119 Å². The highest BCUT2D eigenvalue weighted by Gasteiger charge is 2.09. The van der Waals surface area contributed by atoms with E-state index < -0.39 is 0 Å². The Morgan fingerprint density at radius 1 is 1.37 bits per heavy atom. The molecule has 3 N–H and O–H groups in total. The van der Waals surface area contributed by atoms with Crippen molar-refractivity contribution < 1.29 is 0 Å². The van der Waals surface area contributed by atoms with Gasteiger partial charge in [-0.1, -0.05) is 44.9 Å². The molecular weight excluding hydrogens is 254 g/mol.